The van der Waals surface area contributed by atoms with E-state index in [9.17, 15) is 0 Å². The van der Waals surface area contributed by atoms with Crippen molar-refractivity contribution >= 4 is 0 Å². The Morgan fingerprint density at radius 3 is 2.84 bits per heavy atom. The number of aromatic nitrogens is 2. The number of piperidine rings is 1. The van der Waals surface area contributed by atoms with Gasteiger partial charge in [0.25, 0.3) is 0 Å². The van der Waals surface area contributed by atoms with Crippen LogP contribution in [0.2, 0.25) is 0 Å². The predicted molar refractivity (Wildman–Crippen MR) is 76.8 cm³/mol. The first kappa shape index (κ1) is 13.1. The minimum Gasteiger partial charge on any atom is -0.326 e. The van der Waals surface area contributed by atoms with Crippen LogP contribution < -0.4 is 5.73 Å². The highest BCUT2D eigenvalue weighted by Crippen LogP contribution is 2.28. The molecule has 1 aromatic rings. The van der Waals surface area contributed by atoms with Gasteiger partial charge in [-0.1, -0.05) is 19.8 Å². The average Bonchev–Trinajstić information content (AvgIpc) is 3.04. The molecule has 1 aromatic heterocycles. The van der Waals surface area contributed by atoms with Gasteiger partial charge >= 0.3 is 0 Å². The third kappa shape index (κ3) is 3.00. The van der Waals surface area contributed by atoms with Crippen LogP contribution in [0.25, 0.3) is 0 Å². The summed E-state index contributed by atoms with van der Waals surface area (Å²) in [5.41, 5.74) is 7.36. The van der Waals surface area contributed by atoms with Gasteiger partial charge in [-0.25, -0.2) is 0 Å². The van der Waals surface area contributed by atoms with E-state index >= 15 is 0 Å². The number of nitrogens with zero attached hydrogens (tertiary/aromatic N) is 3. The Morgan fingerprint density at radius 1 is 1.32 bits per heavy atom. The average molecular weight is 262 g/mol. The second-order valence-electron chi connectivity index (χ2n) is 6.39. The lowest BCUT2D eigenvalue weighted by atomic mass is 9.94. The first-order valence-corrected chi connectivity index (χ1v) is 7.74. The van der Waals surface area contributed by atoms with E-state index in [0.717, 1.165) is 19.6 Å². The molecule has 1 saturated carbocycles. The molecule has 0 amide bonds. The van der Waals surface area contributed by atoms with Crippen LogP contribution in [0.15, 0.2) is 12.3 Å². The number of hydrogen-bond acceptors (Lipinski definition) is 3. The summed E-state index contributed by atoms with van der Waals surface area (Å²) in [6.07, 6.45) is 8.69. The van der Waals surface area contributed by atoms with Crippen molar-refractivity contribution in [2.75, 3.05) is 13.1 Å². The van der Waals surface area contributed by atoms with Crippen molar-refractivity contribution in [2.24, 2.45) is 11.7 Å². The highest BCUT2D eigenvalue weighted by atomic mass is 15.3. The zero-order valence-corrected chi connectivity index (χ0v) is 12.0. The van der Waals surface area contributed by atoms with Crippen molar-refractivity contribution < 1.29 is 0 Å². The lowest BCUT2D eigenvalue weighted by molar-refractivity contribution is 0.160. The quantitative estimate of drug-likeness (QED) is 0.908. The summed E-state index contributed by atoms with van der Waals surface area (Å²) >= 11 is 0. The summed E-state index contributed by atoms with van der Waals surface area (Å²) in [4.78, 5) is 2.45. The summed E-state index contributed by atoms with van der Waals surface area (Å²) in [5.74, 6) is 0.660. The van der Waals surface area contributed by atoms with E-state index in [2.05, 4.69) is 28.8 Å². The molecule has 1 aliphatic heterocycles. The molecular weight excluding hydrogens is 236 g/mol. The standard InChI is InChI=1S/C15H26N4/c1-12-6-8-18(11-15(12)16)10-13-7-9-19(17-13)14-4-2-3-5-14/h7,9,12,14-15H,2-6,8,10-11,16H2,1H3. The first-order chi connectivity index (χ1) is 9.22. The smallest absolute Gasteiger partial charge is 0.0764 e. The van der Waals surface area contributed by atoms with E-state index in [0.29, 0.717) is 18.0 Å². The fourth-order valence-electron chi connectivity index (χ4n) is 3.38. The normalized spacial score (nSPS) is 30.0. The maximum atomic E-state index is 6.16. The molecule has 0 aromatic carbocycles. The fraction of sp³-hybridized carbons (Fsp3) is 0.800. The van der Waals surface area contributed by atoms with Gasteiger partial charge in [-0.15, -0.1) is 0 Å². The van der Waals surface area contributed by atoms with E-state index in [4.69, 9.17) is 10.8 Å². The lowest BCUT2D eigenvalue weighted by Gasteiger charge is -2.34. The number of nitrogens with two attached hydrogens (primary N) is 1. The van der Waals surface area contributed by atoms with E-state index in [1.807, 2.05) is 0 Å². The van der Waals surface area contributed by atoms with Gasteiger partial charge in [-0.05, 0) is 37.8 Å². The van der Waals surface area contributed by atoms with Crippen molar-refractivity contribution in [2.45, 2.75) is 57.7 Å². The molecule has 106 valence electrons. The summed E-state index contributed by atoms with van der Waals surface area (Å²) < 4.78 is 2.19. The van der Waals surface area contributed by atoms with E-state index in [1.165, 1.54) is 37.8 Å². The zero-order valence-electron chi connectivity index (χ0n) is 12.0. The molecule has 19 heavy (non-hydrogen) atoms. The molecule has 2 heterocycles. The molecule has 2 aliphatic rings. The molecule has 2 fully saturated rings. The van der Waals surface area contributed by atoms with Crippen LogP contribution in [0, 0.1) is 5.92 Å². The Hall–Kier alpha value is -0.870. The van der Waals surface area contributed by atoms with Gasteiger partial charge in [-0.2, -0.15) is 5.10 Å². The van der Waals surface area contributed by atoms with Crippen molar-refractivity contribution in [1.82, 2.24) is 14.7 Å². The molecule has 1 aliphatic carbocycles. The van der Waals surface area contributed by atoms with Crippen LogP contribution in [0.3, 0.4) is 0 Å². The summed E-state index contributed by atoms with van der Waals surface area (Å²) in [5, 5.41) is 4.76. The van der Waals surface area contributed by atoms with Crippen molar-refractivity contribution in [3.05, 3.63) is 18.0 Å². The SMILES string of the molecule is CC1CCN(Cc2ccn(C3CCCC3)n2)CC1N. The van der Waals surface area contributed by atoms with Gasteiger partial charge < -0.3 is 5.73 Å². The highest BCUT2D eigenvalue weighted by molar-refractivity contribution is 5.01. The minimum absolute atomic E-state index is 0.325. The predicted octanol–water partition coefficient (Wildman–Crippen LogP) is 2.17. The Labute approximate surface area is 116 Å². The number of hydrogen-bond donors (Lipinski definition) is 1. The molecule has 0 bridgehead atoms. The van der Waals surface area contributed by atoms with Crippen LogP contribution in [-0.4, -0.2) is 33.8 Å². The molecule has 0 spiro atoms. The maximum absolute atomic E-state index is 6.16. The van der Waals surface area contributed by atoms with Crippen LogP contribution in [0.5, 0.6) is 0 Å². The molecule has 3 rings (SSSR count). The van der Waals surface area contributed by atoms with Crippen LogP contribution >= 0.6 is 0 Å². The topological polar surface area (TPSA) is 47.1 Å². The Kier molecular flexibility index (Phi) is 3.89. The third-order valence-electron chi connectivity index (χ3n) is 4.85. The molecule has 2 unspecified atom stereocenters. The van der Waals surface area contributed by atoms with Crippen molar-refractivity contribution in [3.8, 4) is 0 Å². The van der Waals surface area contributed by atoms with Crippen molar-refractivity contribution in [1.29, 1.82) is 0 Å². The Balaban J connectivity index is 1.58. The summed E-state index contributed by atoms with van der Waals surface area (Å²) in [6.45, 7) is 5.39. The van der Waals surface area contributed by atoms with E-state index in [1.54, 1.807) is 0 Å². The molecule has 4 heteroatoms. The van der Waals surface area contributed by atoms with Gasteiger partial charge in [0.1, 0.15) is 0 Å². The van der Waals surface area contributed by atoms with Gasteiger partial charge in [0.15, 0.2) is 0 Å². The van der Waals surface area contributed by atoms with Crippen LogP contribution in [-0.2, 0) is 6.54 Å². The number of likely N-dealkylation sites (tertiary alicyclic amines) is 1. The molecule has 2 N–H and O–H groups in total. The maximum Gasteiger partial charge on any atom is 0.0764 e. The second kappa shape index (κ2) is 5.63. The summed E-state index contributed by atoms with van der Waals surface area (Å²) in [7, 11) is 0. The lowest BCUT2D eigenvalue weighted by Crippen LogP contribution is -2.47. The largest absolute Gasteiger partial charge is 0.326 e. The summed E-state index contributed by atoms with van der Waals surface area (Å²) in [6, 6.07) is 3.16. The first-order valence-electron chi connectivity index (χ1n) is 7.74. The van der Waals surface area contributed by atoms with Crippen LogP contribution in [0.1, 0.15) is 50.8 Å². The van der Waals surface area contributed by atoms with Crippen molar-refractivity contribution in [3.63, 3.8) is 0 Å². The molecule has 1 saturated heterocycles. The van der Waals surface area contributed by atoms with Gasteiger partial charge in [0.2, 0.25) is 0 Å². The monoisotopic (exact) mass is 262 g/mol. The van der Waals surface area contributed by atoms with Crippen LogP contribution in [0.4, 0.5) is 0 Å². The van der Waals surface area contributed by atoms with Gasteiger partial charge in [0.05, 0.1) is 11.7 Å². The third-order valence-corrected chi connectivity index (χ3v) is 4.85. The molecule has 2 atom stereocenters. The minimum atomic E-state index is 0.325. The van der Waals surface area contributed by atoms with E-state index in [-0.39, 0.29) is 0 Å². The van der Waals surface area contributed by atoms with E-state index < -0.39 is 0 Å². The fourth-order valence-corrected chi connectivity index (χ4v) is 3.38. The number of rotatable bonds is 3. The molecule has 4 nitrogen and oxygen atoms in total. The Morgan fingerprint density at radius 2 is 2.11 bits per heavy atom. The van der Waals surface area contributed by atoms with Gasteiger partial charge in [-0.3, -0.25) is 9.58 Å². The highest BCUT2D eigenvalue weighted by Gasteiger charge is 2.24. The Bertz CT molecular complexity index is 408. The van der Waals surface area contributed by atoms with Gasteiger partial charge in [0, 0.05) is 25.3 Å². The molecule has 0 radical (unpaired) electrons. The zero-order chi connectivity index (χ0) is 13.2. The second-order valence-corrected chi connectivity index (χ2v) is 6.39. The molecular formula is C15H26N4.